The van der Waals surface area contributed by atoms with Crippen molar-refractivity contribution in [3.05, 3.63) is 71.4 Å². The van der Waals surface area contributed by atoms with Crippen LogP contribution in [0.15, 0.2) is 66.4 Å². The lowest BCUT2D eigenvalue weighted by Crippen LogP contribution is -2.17. The third-order valence-corrected chi connectivity index (χ3v) is 3.21. The van der Waals surface area contributed by atoms with Crippen LogP contribution in [0.3, 0.4) is 0 Å². The molecule has 0 aliphatic heterocycles. The van der Waals surface area contributed by atoms with E-state index in [0.717, 1.165) is 5.69 Å². The van der Waals surface area contributed by atoms with E-state index in [4.69, 9.17) is 11.6 Å². The maximum atomic E-state index is 12.1. The predicted octanol–water partition coefficient (Wildman–Crippen LogP) is 3.82. The Morgan fingerprint density at radius 2 is 1.82 bits per heavy atom. The van der Waals surface area contributed by atoms with Crippen molar-refractivity contribution in [2.24, 2.45) is 0 Å². The molecule has 0 radical (unpaired) electrons. The van der Waals surface area contributed by atoms with Crippen molar-refractivity contribution in [1.82, 2.24) is 0 Å². The van der Waals surface area contributed by atoms with Crippen molar-refractivity contribution in [2.45, 2.75) is 0 Å². The van der Waals surface area contributed by atoms with Crippen molar-refractivity contribution in [3.63, 3.8) is 0 Å². The van der Waals surface area contributed by atoms with Crippen LogP contribution in [0.4, 0.5) is 11.4 Å². The number of anilines is 2. The smallest absolute Gasteiger partial charge is 0.267 e. The van der Waals surface area contributed by atoms with Gasteiger partial charge in [-0.05, 0) is 36.4 Å². The first kappa shape index (κ1) is 15.6. The zero-order valence-corrected chi connectivity index (χ0v) is 12.7. The first-order valence-electron chi connectivity index (χ1n) is 6.57. The second-order valence-electron chi connectivity index (χ2n) is 4.56. The molecule has 4 nitrogen and oxygen atoms in total. The number of amides is 1. The molecular weight excluding hydrogens is 298 g/mol. The van der Waals surface area contributed by atoms with Gasteiger partial charge in [-0.25, -0.2) is 0 Å². The predicted molar refractivity (Wildman–Crippen MR) is 88.6 cm³/mol. The van der Waals surface area contributed by atoms with Crippen LogP contribution >= 0.6 is 11.6 Å². The van der Waals surface area contributed by atoms with E-state index in [1.165, 1.54) is 6.20 Å². The largest absolute Gasteiger partial charge is 0.350 e. The maximum Gasteiger partial charge on any atom is 0.267 e. The van der Waals surface area contributed by atoms with Gasteiger partial charge in [-0.1, -0.05) is 29.8 Å². The van der Waals surface area contributed by atoms with Gasteiger partial charge >= 0.3 is 0 Å². The lowest BCUT2D eigenvalue weighted by molar-refractivity contribution is -0.112. The summed E-state index contributed by atoms with van der Waals surface area (Å²) < 4.78 is 0. The van der Waals surface area contributed by atoms with Crippen LogP contribution in [-0.4, -0.2) is 13.0 Å². The molecule has 2 aromatic carbocycles. The highest BCUT2D eigenvalue weighted by molar-refractivity contribution is 6.30. The first-order valence-corrected chi connectivity index (χ1v) is 6.94. The van der Waals surface area contributed by atoms with Gasteiger partial charge in [-0.15, -0.1) is 0 Å². The lowest BCUT2D eigenvalue weighted by Gasteiger charge is -2.14. The summed E-state index contributed by atoms with van der Waals surface area (Å²) in [5, 5.41) is 12.4. The number of rotatable bonds is 4. The molecule has 0 aliphatic rings. The summed E-state index contributed by atoms with van der Waals surface area (Å²) in [4.78, 5) is 13.9. The van der Waals surface area contributed by atoms with Crippen LogP contribution in [0.2, 0.25) is 5.02 Å². The fraction of sp³-hybridized carbons (Fsp3) is 0.0588. The Morgan fingerprint density at radius 1 is 1.18 bits per heavy atom. The minimum absolute atomic E-state index is 0.0151. The van der Waals surface area contributed by atoms with E-state index in [9.17, 15) is 10.1 Å². The highest BCUT2D eigenvalue weighted by Gasteiger charge is 2.11. The van der Waals surface area contributed by atoms with Crippen molar-refractivity contribution < 1.29 is 4.79 Å². The van der Waals surface area contributed by atoms with Gasteiger partial charge in [0, 0.05) is 29.6 Å². The molecule has 0 heterocycles. The summed E-state index contributed by atoms with van der Waals surface area (Å²) in [6.07, 6.45) is 1.50. The van der Waals surface area contributed by atoms with Crippen molar-refractivity contribution in [1.29, 1.82) is 5.26 Å². The van der Waals surface area contributed by atoms with Gasteiger partial charge in [0.2, 0.25) is 0 Å². The Bertz CT molecular complexity index is 718. The number of benzene rings is 2. The number of nitriles is 1. The Labute approximate surface area is 134 Å². The van der Waals surface area contributed by atoms with Crippen LogP contribution in [0.1, 0.15) is 0 Å². The number of hydrogen-bond acceptors (Lipinski definition) is 3. The highest BCUT2D eigenvalue weighted by atomic mass is 35.5. The van der Waals surface area contributed by atoms with Crippen LogP contribution in [0.5, 0.6) is 0 Å². The van der Waals surface area contributed by atoms with Gasteiger partial charge in [-0.2, -0.15) is 5.26 Å². The minimum atomic E-state index is -0.465. The normalized spacial score (nSPS) is 10.7. The molecule has 2 rings (SSSR count). The number of halogens is 1. The van der Waals surface area contributed by atoms with Crippen LogP contribution in [0, 0.1) is 11.3 Å². The maximum absolute atomic E-state index is 12.1. The van der Waals surface area contributed by atoms with Crippen molar-refractivity contribution in [3.8, 4) is 6.07 Å². The second-order valence-corrected chi connectivity index (χ2v) is 5.00. The zero-order chi connectivity index (χ0) is 15.9. The van der Waals surface area contributed by atoms with Crippen molar-refractivity contribution in [2.75, 3.05) is 17.3 Å². The molecule has 2 aromatic rings. The highest BCUT2D eigenvalue weighted by Crippen LogP contribution is 2.15. The molecule has 0 fully saturated rings. The average molecular weight is 312 g/mol. The van der Waals surface area contributed by atoms with E-state index in [1.54, 1.807) is 36.2 Å². The third-order valence-electron chi connectivity index (χ3n) is 2.95. The van der Waals surface area contributed by atoms with E-state index >= 15 is 0 Å². The summed E-state index contributed by atoms with van der Waals surface area (Å²) in [7, 11) is 1.78. The van der Waals surface area contributed by atoms with E-state index < -0.39 is 5.91 Å². The molecule has 0 aliphatic carbocycles. The lowest BCUT2D eigenvalue weighted by atomic mass is 10.2. The minimum Gasteiger partial charge on any atom is -0.350 e. The monoisotopic (exact) mass is 311 g/mol. The molecule has 0 aromatic heterocycles. The number of nitrogens with zero attached hydrogens (tertiary/aromatic N) is 2. The molecule has 0 bridgehead atoms. The number of hydrogen-bond donors (Lipinski definition) is 1. The topological polar surface area (TPSA) is 56.1 Å². The van der Waals surface area contributed by atoms with E-state index in [1.807, 2.05) is 36.4 Å². The molecule has 1 N–H and O–H groups in total. The molecule has 1 amide bonds. The molecule has 0 atom stereocenters. The standard InChI is InChI=1S/C17H14ClN3O/c1-21(16-5-3-2-4-6-16)12-13(11-19)17(22)20-15-9-7-14(18)8-10-15/h2-10,12H,1H3,(H,20,22)/b13-12-. The summed E-state index contributed by atoms with van der Waals surface area (Å²) in [5.74, 6) is -0.465. The number of nitrogens with one attached hydrogen (secondary N) is 1. The Kier molecular flexibility index (Phi) is 5.18. The molecule has 0 spiro atoms. The Hall–Kier alpha value is -2.77. The average Bonchev–Trinajstić information content (AvgIpc) is 2.55. The molecule has 0 saturated heterocycles. The van der Waals surface area contributed by atoms with Gasteiger partial charge in [0.05, 0.1) is 0 Å². The fourth-order valence-corrected chi connectivity index (χ4v) is 1.93. The number of para-hydroxylation sites is 1. The number of carbonyl (C=O) groups excluding carboxylic acids is 1. The van der Waals surface area contributed by atoms with Crippen LogP contribution < -0.4 is 10.2 Å². The van der Waals surface area contributed by atoms with Crippen molar-refractivity contribution >= 4 is 28.9 Å². The van der Waals surface area contributed by atoms with Gasteiger partial charge in [-0.3, -0.25) is 4.79 Å². The van der Waals surface area contributed by atoms with E-state index in [0.29, 0.717) is 10.7 Å². The van der Waals surface area contributed by atoms with Crippen LogP contribution in [0.25, 0.3) is 0 Å². The quantitative estimate of drug-likeness (QED) is 0.690. The van der Waals surface area contributed by atoms with Gasteiger partial charge in [0.15, 0.2) is 0 Å². The molecule has 5 heteroatoms. The second kappa shape index (κ2) is 7.30. The van der Waals surface area contributed by atoms with Crippen LogP contribution in [-0.2, 0) is 4.79 Å². The zero-order valence-electron chi connectivity index (χ0n) is 12.0. The summed E-state index contributed by atoms with van der Waals surface area (Å²) in [6, 6.07) is 18.1. The van der Waals surface area contributed by atoms with E-state index in [-0.39, 0.29) is 5.57 Å². The fourth-order valence-electron chi connectivity index (χ4n) is 1.80. The summed E-state index contributed by atoms with van der Waals surface area (Å²) in [5.41, 5.74) is 1.48. The SMILES string of the molecule is CN(/C=C(/C#N)C(=O)Nc1ccc(Cl)cc1)c1ccccc1. The molecule has 22 heavy (non-hydrogen) atoms. The third kappa shape index (κ3) is 4.11. The first-order chi connectivity index (χ1) is 10.6. The molecule has 110 valence electrons. The molecular formula is C17H14ClN3O. The summed E-state index contributed by atoms with van der Waals surface area (Å²) in [6.45, 7) is 0. The van der Waals surface area contributed by atoms with Gasteiger partial charge in [0.25, 0.3) is 5.91 Å². The number of carbonyl (C=O) groups is 1. The van der Waals surface area contributed by atoms with E-state index in [2.05, 4.69) is 5.32 Å². The Balaban J connectivity index is 2.13. The molecule has 0 unspecified atom stereocenters. The van der Waals surface area contributed by atoms with Gasteiger partial charge in [0.1, 0.15) is 11.6 Å². The summed E-state index contributed by atoms with van der Waals surface area (Å²) >= 11 is 5.79. The van der Waals surface area contributed by atoms with Gasteiger partial charge < -0.3 is 10.2 Å². The molecule has 0 saturated carbocycles. The Morgan fingerprint density at radius 3 is 2.41 bits per heavy atom.